The summed E-state index contributed by atoms with van der Waals surface area (Å²) in [6, 6.07) is 3.94. The molecule has 0 aromatic heterocycles. The van der Waals surface area contributed by atoms with Crippen LogP contribution >= 0.6 is 0 Å². The van der Waals surface area contributed by atoms with Crippen LogP contribution in [0.25, 0.3) is 21.3 Å². The van der Waals surface area contributed by atoms with Gasteiger partial charge in [-0.25, -0.2) is 0 Å². The van der Waals surface area contributed by atoms with E-state index in [9.17, 15) is 0 Å². The second-order valence-corrected chi connectivity index (χ2v) is 13.3. The normalized spacial score (nSPS) is 41.8. The number of piperidine rings is 3. The molecule has 228 valence electrons. The molecular weight excluding hydrogens is 555 g/mol. The molecule has 0 bridgehead atoms. The molecule has 1 N–H and O–H groups in total. The van der Waals surface area contributed by atoms with Crippen molar-refractivity contribution in [3.05, 3.63) is 32.9 Å². The molecular formula is C28H51ClCuN4O4-3. The van der Waals surface area contributed by atoms with Gasteiger partial charge in [-0.2, -0.15) is 26.1 Å². The predicted molar refractivity (Wildman–Crippen MR) is 142 cm³/mol. The molecule has 4 aliphatic heterocycles. The SMILES string of the molecule is CC1=CC(C2CC(C)CC(C)[N-]2)[N-]C(C)C1.CC1CC(C)[N-]C(C2CC(C)CC(C)[N-]2)C1.[Cu+].[O-][Cl+3]([O-])([O-])O. The molecule has 11 atom stereocenters. The van der Waals surface area contributed by atoms with Crippen molar-refractivity contribution in [3.63, 3.8) is 0 Å². The number of rotatable bonds is 2. The van der Waals surface area contributed by atoms with E-state index in [1.165, 1.54) is 44.1 Å². The monoisotopic (exact) mass is 605 g/mol. The molecule has 0 aromatic carbocycles. The molecule has 0 saturated carbocycles. The van der Waals surface area contributed by atoms with E-state index in [1.807, 2.05) is 0 Å². The minimum Gasteiger partial charge on any atom is -0.658 e. The fourth-order valence-electron chi connectivity index (χ4n) is 6.78. The van der Waals surface area contributed by atoms with Crippen LogP contribution in [0.2, 0.25) is 0 Å². The second kappa shape index (κ2) is 16.6. The summed E-state index contributed by atoms with van der Waals surface area (Å²) < 4.78 is 32.7. The zero-order chi connectivity index (χ0) is 27.9. The van der Waals surface area contributed by atoms with Gasteiger partial charge in [0, 0.05) is 0 Å². The zero-order valence-electron chi connectivity index (χ0n) is 24.5. The molecule has 11 unspecified atom stereocenters. The van der Waals surface area contributed by atoms with E-state index in [4.69, 9.17) is 39.9 Å². The van der Waals surface area contributed by atoms with Gasteiger partial charge >= 0.3 is 17.1 Å². The van der Waals surface area contributed by atoms with E-state index in [2.05, 4.69) is 61.5 Å². The summed E-state index contributed by atoms with van der Waals surface area (Å²) in [6.45, 7) is 18.3. The summed E-state index contributed by atoms with van der Waals surface area (Å²) in [5.41, 5.74) is 1.49. The van der Waals surface area contributed by atoms with Crippen LogP contribution in [0.1, 0.15) is 100 Å². The minimum atomic E-state index is -4.69. The molecule has 0 aromatic rings. The third kappa shape index (κ3) is 14.2. The number of nitrogens with zero attached hydrogens (tertiary/aromatic N) is 4. The predicted octanol–water partition coefficient (Wildman–Crippen LogP) is 4.01. The van der Waals surface area contributed by atoms with Crippen molar-refractivity contribution in [2.45, 2.75) is 149 Å². The number of hydrogen-bond acceptors (Lipinski definition) is 4. The molecule has 38 heavy (non-hydrogen) atoms. The third-order valence-electron chi connectivity index (χ3n) is 7.84. The quantitative estimate of drug-likeness (QED) is 0.374. The summed E-state index contributed by atoms with van der Waals surface area (Å²) in [5, 5.41) is 19.6. The van der Waals surface area contributed by atoms with Crippen LogP contribution in [0, 0.1) is 28.0 Å². The molecule has 10 heteroatoms. The summed E-state index contributed by atoms with van der Waals surface area (Å²) in [7, 11) is -4.69. The van der Waals surface area contributed by atoms with Crippen molar-refractivity contribution >= 4 is 0 Å². The van der Waals surface area contributed by atoms with E-state index in [-0.39, 0.29) is 17.1 Å². The van der Waals surface area contributed by atoms with Gasteiger partial charge in [0.05, 0.1) is 14.9 Å². The molecule has 0 amide bonds. The Labute approximate surface area is 244 Å². The second-order valence-electron chi connectivity index (χ2n) is 12.5. The number of hydrogen-bond donors (Lipinski definition) is 1. The van der Waals surface area contributed by atoms with E-state index in [0.29, 0.717) is 48.3 Å². The minimum absolute atomic E-state index is 0. The fraction of sp³-hybridized carbons (Fsp3) is 0.929. The summed E-state index contributed by atoms with van der Waals surface area (Å²) in [6.07, 6.45) is 11.0. The van der Waals surface area contributed by atoms with Gasteiger partial charge in [0.25, 0.3) is 0 Å². The summed E-state index contributed by atoms with van der Waals surface area (Å²) >= 11 is 0. The maximum absolute atomic E-state index is 8.60. The summed E-state index contributed by atoms with van der Waals surface area (Å²) in [5.74, 6) is 2.47. The van der Waals surface area contributed by atoms with E-state index < -0.39 is 10.2 Å². The van der Waals surface area contributed by atoms with Crippen molar-refractivity contribution in [3.8, 4) is 0 Å². The van der Waals surface area contributed by atoms with E-state index in [1.54, 1.807) is 0 Å². The van der Waals surface area contributed by atoms with Crippen LogP contribution in [-0.2, 0) is 17.1 Å². The van der Waals surface area contributed by atoms with Crippen molar-refractivity contribution in [1.82, 2.24) is 0 Å². The van der Waals surface area contributed by atoms with Gasteiger partial charge in [-0.1, -0.05) is 92.6 Å². The van der Waals surface area contributed by atoms with Crippen LogP contribution in [-0.4, -0.2) is 53.0 Å². The van der Waals surface area contributed by atoms with Gasteiger partial charge in [0.2, 0.25) is 0 Å². The Hall–Kier alpha value is 0.229. The van der Waals surface area contributed by atoms with Gasteiger partial charge in [-0.3, -0.25) is 0 Å². The Bertz CT molecular complexity index is 653. The Morgan fingerprint density at radius 1 is 0.632 bits per heavy atom. The average molecular weight is 607 g/mol. The smallest absolute Gasteiger partial charge is 0.658 e. The van der Waals surface area contributed by atoms with Gasteiger partial charge < -0.3 is 21.3 Å². The maximum atomic E-state index is 8.60. The van der Waals surface area contributed by atoms with E-state index in [0.717, 1.165) is 24.2 Å². The van der Waals surface area contributed by atoms with Crippen LogP contribution in [0.15, 0.2) is 11.6 Å². The average Bonchev–Trinajstić information content (AvgIpc) is 2.70. The van der Waals surface area contributed by atoms with Crippen molar-refractivity contribution in [1.29, 1.82) is 0 Å². The van der Waals surface area contributed by atoms with Gasteiger partial charge in [0.1, 0.15) is 0 Å². The molecule has 3 fully saturated rings. The van der Waals surface area contributed by atoms with Crippen LogP contribution in [0.4, 0.5) is 0 Å². The van der Waals surface area contributed by atoms with Crippen LogP contribution in [0.5, 0.6) is 0 Å². The van der Waals surface area contributed by atoms with Crippen molar-refractivity contribution in [2.75, 3.05) is 0 Å². The van der Waals surface area contributed by atoms with Crippen molar-refractivity contribution in [2.24, 2.45) is 17.8 Å². The first-order valence-corrected chi connectivity index (χ1v) is 15.5. The largest absolute Gasteiger partial charge is 1.00 e. The molecule has 4 aliphatic rings. The molecule has 4 rings (SSSR count). The van der Waals surface area contributed by atoms with Gasteiger partial charge in [-0.05, 0) is 31.1 Å². The number of halogens is 1. The fourth-order valence-corrected chi connectivity index (χ4v) is 6.78. The van der Waals surface area contributed by atoms with Crippen LogP contribution < -0.4 is 14.0 Å². The first-order chi connectivity index (χ1) is 17.1. The van der Waals surface area contributed by atoms with Crippen molar-refractivity contribution < 1.29 is 45.9 Å². The molecule has 8 nitrogen and oxygen atoms in total. The Kier molecular flexibility index (Phi) is 15.9. The van der Waals surface area contributed by atoms with E-state index >= 15 is 0 Å². The standard InChI is InChI=1S/C14H26N2.C14H24N2.ClHO4.Cu/c2*1-9-5-11(3)15-13(7-9)14-8-10(2)6-12(4)16-14;2-1(3,4)5;/h9-14H,5-8H2,1-4H3;7,10-14H,5-6,8H2,1-4H3;(H,2,3,4,5);/q2*-2;;+1. The maximum Gasteiger partial charge on any atom is 1.00 e. The topological polar surface area (TPSA) is 146 Å². The molecule has 0 aliphatic carbocycles. The Morgan fingerprint density at radius 3 is 1.32 bits per heavy atom. The molecule has 3 saturated heterocycles. The molecule has 4 heterocycles. The Balaban J connectivity index is 0.000000317. The molecule has 0 spiro atoms. The first kappa shape index (κ1) is 36.3. The third-order valence-corrected chi connectivity index (χ3v) is 7.84. The Morgan fingerprint density at radius 2 is 0.974 bits per heavy atom. The van der Waals surface area contributed by atoms with Crippen LogP contribution in [0.3, 0.4) is 0 Å². The van der Waals surface area contributed by atoms with Gasteiger partial charge in [0.15, 0.2) is 0 Å². The molecule has 0 radical (unpaired) electrons. The van der Waals surface area contributed by atoms with Gasteiger partial charge in [-0.15, -0.1) is 42.3 Å². The summed E-state index contributed by atoms with van der Waals surface area (Å²) in [4.78, 5) is 0. The zero-order valence-corrected chi connectivity index (χ0v) is 26.2. The first-order valence-electron chi connectivity index (χ1n) is 14.2.